The van der Waals surface area contributed by atoms with Gasteiger partial charge in [0, 0.05) is 38.8 Å². The molecule has 3 rings (SSSR count). The van der Waals surface area contributed by atoms with Crippen molar-refractivity contribution in [2.45, 2.75) is 10.9 Å². The standard InChI is InChI=1S/C18H24N4S/c1-20(2)12-7-8-13-16(11-12)23-18-14(19-13)9-10-15(21(3)4)17(18)22(5)6/h7-11,15H,1-6H3. The molecule has 1 aromatic carbocycles. The molecule has 0 radical (unpaired) electrons. The molecular formula is C18H24N4S. The third-order valence-corrected chi connectivity index (χ3v) is 5.30. The highest BCUT2D eigenvalue weighted by molar-refractivity contribution is 8.04. The second-order valence-corrected chi connectivity index (χ2v) is 7.57. The van der Waals surface area contributed by atoms with Gasteiger partial charge in [0.2, 0.25) is 0 Å². The summed E-state index contributed by atoms with van der Waals surface area (Å²) in [6.07, 6.45) is 4.39. The van der Waals surface area contributed by atoms with Crippen molar-refractivity contribution in [2.75, 3.05) is 47.2 Å². The average Bonchev–Trinajstić information content (AvgIpc) is 2.50. The van der Waals surface area contributed by atoms with Crippen LogP contribution in [0.2, 0.25) is 0 Å². The van der Waals surface area contributed by atoms with Crippen LogP contribution < -0.4 is 4.90 Å². The monoisotopic (exact) mass is 328 g/mol. The fraction of sp³-hybridized carbons (Fsp3) is 0.389. The van der Waals surface area contributed by atoms with Gasteiger partial charge in [-0.1, -0.05) is 17.8 Å². The van der Waals surface area contributed by atoms with Gasteiger partial charge in [-0.05, 0) is 38.4 Å². The molecule has 1 aromatic rings. The van der Waals surface area contributed by atoms with Crippen LogP contribution in [0.5, 0.6) is 0 Å². The lowest BCUT2D eigenvalue weighted by molar-refractivity contribution is 0.322. The van der Waals surface area contributed by atoms with Crippen LogP contribution >= 0.6 is 11.8 Å². The zero-order chi connectivity index (χ0) is 16.7. The molecule has 1 unspecified atom stereocenters. The Morgan fingerprint density at radius 2 is 1.74 bits per heavy atom. The molecule has 1 aliphatic heterocycles. The summed E-state index contributed by atoms with van der Waals surface area (Å²) in [6.45, 7) is 0. The summed E-state index contributed by atoms with van der Waals surface area (Å²) in [7, 11) is 12.6. The van der Waals surface area contributed by atoms with Gasteiger partial charge in [0.05, 0.1) is 28.0 Å². The van der Waals surface area contributed by atoms with E-state index in [2.05, 4.69) is 87.3 Å². The fourth-order valence-corrected chi connectivity index (χ4v) is 4.13. The smallest absolute Gasteiger partial charge is 0.0792 e. The lowest BCUT2D eigenvalue weighted by Crippen LogP contribution is -2.37. The molecule has 0 bridgehead atoms. The van der Waals surface area contributed by atoms with Gasteiger partial charge < -0.3 is 9.80 Å². The minimum Gasteiger partial charge on any atom is -0.378 e. The van der Waals surface area contributed by atoms with E-state index in [4.69, 9.17) is 4.99 Å². The molecule has 1 aliphatic carbocycles. The number of anilines is 1. The number of allylic oxidation sites excluding steroid dienone is 2. The fourth-order valence-electron chi connectivity index (χ4n) is 2.89. The van der Waals surface area contributed by atoms with Crippen molar-refractivity contribution in [3.63, 3.8) is 0 Å². The van der Waals surface area contributed by atoms with E-state index in [1.807, 2.05) is 11.8 Å². The van der Waals surface area contributed by atoms with E-state index < -0.39 is 0 Å². The zero-order valence-corrected chi connectivity index (χ0v) is 15.5. The minimum absolute atomic E-state index is 0.282. The summed E-state index contributed by atoms with van der Waals surface area (Å²) in [5.41, 5.74) is 4.65. The van der Waals surface area contributed by atoms with E-state index in [9.17, 15) is 0 Å². The molecule has 2 aliphatic rings. The molecular weight excluding hydrogens is 304 g/mol. The number of aliphatic imine (C=N–C) groups is 1. The van der Waals surface area contributed by atoms with Gasteiger partial charge in [0.15, 0.2) is 0 Å². The number of likely N-dealkylation sites (N-methyl/N-ethyl adjacent to an activating group) is 2. The SMILES string of the molecule is CN(C)C1=C2Sc3cc(N(C)C)ccc3N=C2C=CC1N(C)C. The Bertz CT molecular complexity index is 714. The molecule has 23 heavy (non-hydrogen) atoms. The summed E-state index contributed by atoms with van der Waals surface area (Å²) < 4.78 is 0. The van der Waals surface area contributed by atoms with Gasteiger partial charge in [-0.15, -0.1) is 0 Å². The van der Waals surface area contributed by atoms with Gasteiger partial charge >= 0.3 is 0 Å². The zero-order valence-electron chi connectivity index (χ0n) is 14.7. The van der Waals surface area contributed by atoms with Crippen molar-refractivity contribution in [3.8, 4) is 0 Å². The number of nitrogens with zero attached hydrogens (tertiary/aromatic N) is 4. The van der Waals surface area contributed by atoms with Crippen molar-refractivity contribution >= 4 is 28.8 Å². The van der Waals surface area contributed by atoms with Crippen LogP contribution in [0.4, 0.5) is 11.4 Å². The number of hydrogen-bond acceptors (Lipinski definition) is 5. The number of hydrogen-bond donors (Lipinski definition) is 0. The van der Waals surface area contributed by atoms with Crippen molar-refractivity contribution in [1.82, 2.24) is 9.80 Å². The summed E-state index contributed by atoms with van der Waals surface area (Å²) in [6, 6.07) is 6.75. The van der Waals surface area contributed by atoms with Gasteiger partial charge in [0.25, 0.3) is 0 Å². The van der Waals surface area contributed by atoms with Crippen LogP contribution in [0, 0.1) is 0 Å². The Labute approximate surface area is 143 Å². The largest absolute Gasteiger partial charge is 0.378 e. The molecule has 122 valence electrons. The molecule has 4 nitrogen and oxygen atoms in total. The molecule has 1 heterocycles. The van der Waals surface area contributed by atoms with Crippen LogP contribution in [0.1, 0.15) is 0 Å². The molecule has 0 amide bonds. The number of fused-ring (bicyclic) bond motifs is 2. The van der Waals surface area contributed by atoms with Gasteiger partial charge in [-0.2, -0.15) is 0 Å². The summed E-state index contributed by atoms with van der Waals surface area (Å²) in [5, 5.41) is 0. The molecule has 5 heteroatoms. The third-order valence-electron chi connectivity index (χ3n) is 4.13. The Kier molecular flexibility index (Phi) is 4.25. The first kappa shape index (κ1) is 16.1. The van der Waals surface area contributed by atoms with E-state index in [-0.39, 0.29) is 6.04 Å². The molecule has 0 saturated heterocycles. The Morgan fingerprint density at radius 1 is 1.00 bits per heavy atom. The first-order chi connectivity index (χ1) is 10.9. The highest BCUT2D eigenvalue weighted by Gasteiger charge is 2.29. The maximum Gasteiger partial charge on any atom is 0.0792 e. The molecule has 0 N–H and O–H groups in total. The maximum atomic E-state index is 4.88. The number of rotatable bonds is 3. The predicted octanol–water partition coefficient (Wildman–Crippen LogP) is 3.20. The van der Waals surface area contributed by atoms with E-state index in [0.717, 1.165) is 11.4 Å². The van der Waals surface area contributed by atoms with E-state index >= 15 is 0 Å². The highest BCUT2D eigenvalue weighted by Crippen LogP contribution is 2.45. The molecule has 0 saturated carbocycles. The first-order valence-electron chi connectivity index (χ1n) is 7.73. The van der Waals surface area contributed by atoms with Gasteiger partial charge in [0.1, 0.15) is 0 Å². The van der Waals surface area contributed by atoms with Crippen LogP contribution in [0.25, 0.3) is 0 Å². The second kappa shape index (κ2) is 6.06. The quantitative estimate of drug-likeness (QED) is 0.849. The van der Waals surface area contributed by atoms with Crippen molar-refractivity contribution < 1.29 is 0 Å². The van der Waals surface area contributed by atoms with E-state index in [0.29, 0.717) is 0 Å². The van der Waals surface area contributed by atoms with Gasteiger partial charge in [-0.25, -0.2) is 4.99 Å². The third kappa shape index (κ3) is 2.91. The van der Waals surface area contributed by atoms with Crippen LogP contribution in [-0.4, -0.2) is 63.8 Å². The second-order valence-electron chi connectivity index (χ2n) is 6.52. The van der Waals surface area contributed by atoms with Crippen molar-refractivity contribution in [3.05, 3.63) is 41.0 Å². The Hall–Kier alpha value is -1.72. The molecule has 0 aromatic heterocycles. The van der Waals surface area contributed by atoms with Crippen molar-refractivity contribution in [2.24, 2.45) is 4.99 Å². The normalized spacial score (nSPS) is 19.4. The highest BCUT2D eigenvalue weighted by atomic mass is 32.2. The molecule has 1 atom stereocenters. The van der Waals surface area contributed by atoms with Crippen LogP contribution in [0.15, 0.2) is 50.8 Å². The maximum absolute atomic E-state index is 4.88. The topological polar surface area (TPSA) is 22.1 Å². The van der Waals surface area contributed by atoms with Crippen LogP contribution in [0.3, 0.4) is 0 Å². The molecule has 0 spiro atoms. The van der Waals surface area contributed by atoms with E-state index in [1.54, 1.807) is 0 Å². The first-order valence-corrected chi connectivity index (χ1v) is 8.54. The lowest BCUT2D eigenvalue weighted by Gasteiger charge is -2.35. The van der Waals surface area contributed by atoms with E-state index in [1.165, 1.54) is 21.2 Å². The van der Waals surface area contributed by atoms with Gasteiger partial charge in [-0.3, -0.25) is 4.90 Å². The van der Waals surface area contributed by atoms with Crippen molar-refractivity contribution in [1.29, 1.82) is 0 Å². The average molecular weight is 328 g/mol. The molecule has 0 fully saturated rings. The Morgan fingerprint density at radius 3 is 2.35 bits per heavy atom. The number of benzene rings is 1. The number of thioether (sulfide) groups is 1. The van der Waals surface area contributed by atoms with Crippen LogP contribution in [-0.2, 0) is 0 Å². The predicted molar refractivity (Wildman–Crippen MR) is 101 cm³/mol. The lowest BCUT2D eigenvalue weighted by atomic mass is 10.0. The minimum atomic E-state index is 0.282. The Balaban J connectivity index is 2.11. The summed E-state index contributed by atoms with van der Waals surface area (Å²) >= 11 is 1.83. The summed E-state index contributed by atoms with van der Waals surface area (Å²) in [4.78, 5) is 14.0. The summed E-state index contributed by atoms with van der Waals surface area (Å²) in [5.74, 6) is 0.